The number of nitrogens with zero attached hydrogens (tertiary/aromatic N) is 2. The number of aliphatic carboxylic acids is 1. The molecular formula is C14H16N2O4. The molecule has 106 valence electrons. The summed E-state index contributed by atoms with van der Waals surface area (Å²) >= 11 is 0. The van der Waals surface area contributed by atoms with E-state index >= 15 is 0 Å². The van der Waals surface area contributed by atoms with E-state index in [-0.39, 0.29) is 11.6 Å². The molecule has 3 unspecified atom stereocenters. The molecule has 0 amide bonds. The van der Waals surface area contributed by atoms with Crippen molar-refractivity contribution in [2.45, 2.75) is 25.3 Å². The van der Waals surface area contributed by atoms with Gasteiger partial charge in [-0.05, 0) is 30.7 Å². The number of hydrogen-bond acceptors (Lipinski definition) is 4. The van der Waals surface area contributed by atoms with Crippen molar-refractivity contribution in [2.24, 2.45) is 11.8 Å². The summed E-state index contributed by atoms with van der Waals surface area (Å²) in [5.41, 5.74) is 0.643. The number of nitro groups is 1. The summed E-state index contributed by atoms with van der Waals surface area (Å²) in [7, 11) is 0. The molecule has 0 spiro atoms. The molecule has 3 atom stereocenters. The Morgan fingerprint density at radius 3 is 2.90 bits per heavy atom. The molecule has 1 aromatic rings. The quantitative estimate of drug-likeness (QED) is 0.676. The summed E-state index contributed by atoms with van der Waals surface area (Å²) in [5, 5.41) is 20.3. The molecule has 6 nitrogen and oxygen atoms in total. The van der Waals surface area contributed by atoms with Crippen LogP contribution in [0.2, 0.25) is 0 Å². The van der Waals surface area contributed by atoms with Crippen molar-refractivity contribution >= 4 is 17.3 Å². The van der Waals surface area contributed by atoms with E-state index in [1.807, 2.05) is 4.90 Å². The fourth-order valence-corrected chi connectivity index (χ4v) is 3.67. The molecule has 0 radical (unpaired) electrons. The van der Waals surface area contributed by atoms with Gasteiger partial charge in [0.05, 0.1) is 4.92 Å². The van der Waals surface area contributed by atoms with Crippen molar-refractivity contribution in [2.75, 3.05) is 11.4 Å². The Hall–Kier alpha value is -2.11. The zero-order chi connectivity index (χ0) is 14.3. The van der Waals surface area contributed by atoms with E-state index in [9.17, 15) is 20.0 Å². The zero-order valence-electron chi connectivity index (χ0n) is 10.9. The highest BCUT2D eigenvalue weighted by molar-refractivity contribution is 5.80. The summed E-state index contributed by atoms with van der Waals surface area (Å²) in [6.45, 7) is 0.683. The van der Waals surface area contributed by atoms with Gasteiger partial charge in [-0.25, -0.2) is 4.79 Å². The first kappa shape index (κ1) is 12.9. The summed E-state index contributed by atoms with van der Waals surface area (Å²) in [6.07, 6.45) is 3.08. The number of anilines is 1. The fourth-order valence-electron chi connectivity index (χ4n) is 3.67. The number of rotatable bonds is 3. The van der Waals surface area contributed by atoms with Crippen molar-refractivity contribution in [3.05, 3.63) is 34.4 Å². The second-order valence-corrected chi connectivity index (χ2v) is 5.57. The van der Waals surface area contributed by atoms with Gasteiger partial charge in [0.2, 0.25) is 0 Å². The van der Waals surface area contributed by atoms with E-state index in [1.54, 1.807) is 12.1 Å². The minimum atomic E-state index is -0.828. The van der Waals surface area contributed by atoms with Crippen LogP contribution in [0.1, 0.15) is 19.3 Å². The third kappa shape index (κ3) is 2.01. The van der Waals surface area contributed by atoms with Crippen LogP contribution < -0.4 is 4.90 Å². The zero-order valence-corrected chi connectivity index (χ0v) is 10.9. The smallest absolute Gasteiger partial charge is 0.326 e. The second kappa shape index (κ2) is 4.77. The number of carbonyl (C=O) groups is 1. The molecule has 1 N–H and O–H groups in total. The Kier molecular flexibility index (Phi) is 3.08. The number of hydrogen-bond donors (Lipinski definition) is 1. The van der Waals surface area contributed by atoms with Crippen LogP contribution in [0.4, 0.5) is 11.4 Å². The highest BCUT2D eigenvalue weighted by Gasteiger charge is 2.47. The lowest BCUT2D eigenvalue weighted by Crippen LogP contribution is -2.39. The highest BCUT2D eigenvalue weighted by Crippen LogP contribution is 2.44. The number of fused-ring (bicyclic) bond motifs is 1. The summed E-state index contributed by atoms with van der Waals surface area (Å²) in [6, 6.07) is 5.71. The van der Waals surface area contributed by atoms with Gasteiger partial charge in [0, 0.05) is 24.4 Å². The molecule has 0 bridgehead atoms. The maximum atomic E-state index is 11.6. The van der Waals surface area contributed by atoms with E-state index < -0.39 is 16.9 Å². The Balaban J connectivity index is 1.94. The first-order chi connectivity index (χ1) is 9.58. The van der Waals surface area contributed by atoms with Gasteiger partial charge in [-0.2, -0.15) is 0 Å². The van der Waals surface area contributed by atoms with Crippen molar-refractivity contribution in [1.82, 2.24) is 0 Å². The monoisotopic (exact) mass is 276 g/mol. The fraction of sp³-hybridized carbons (Fsp3) is 0.500. The highest BCUT2D eigenvalue weighted by atomic mass is 16.6. The van der Waals surface area contributed by atoms with Gasteiger partial charge in [0.15, 0.2) is 0 Å². The molecule has 1 saturated carbocycles. The summed E-state index contributed by atoms with van der Waals surface area (Å²) in [4.78, 5) is 23.8. The normalized spacial score (nSPS) is 28.4. The molecule has 1 aromatic carbocycles. The maximum absolute atomic E-state index is 11.6. The first-order valence-electron chi connectivity index (χ1n) is 6.82. The Morgan fingerprint density at radius 1 is 1.40 bits per heavy atom. The molecule has 0 aromatic heterocycles. The average molecular weight is 276 g/mol. The number of carboxylic acid groups (broad SMARTS) is 1. The molecule has 3 rings (SSSR count). The molecular weight excluding hydrogens is 260 g/mol. The van der Waals surface area contributed by atoms with E-state index in [0.29, 0.717) is 18.2 Å². The van der Waals surface area contributed by atoms with Crippen molar-refractivity contribution in [1.29, 1.82) is 0 Å². The molecule has 1 heterocycles. The van der Waals surface area contributed by atoms with Gasteiger partial charge >= 0.3 is 5.97 Å². The summed E-state index contributed by atoms with van der Waals surface area (Å²) in [5.74, 6) is -0.256. The van der Waals surface area contributed by atoms with Gasteiger partial charge in [0.25, 0.3) is 5.69 Å². The number of carboxylic acids is 1. The van der Waals surface area contributed by atoms with E-state index in [0.717, 1.165) is 19.3 Å². The molecule has 1 aliphatic heterocycles. The van der Waals surface area contributed by atoms with Crippen LogP contribution in [-0.2, 0) is 4.79 Å². The van der Waals surface area contributed by atoms with Crippen LogP contribution in [-0.4, -0.2) is 28.6 Å². The number of nitro benzene ring substituents is 1. The summed E-state index contributed by atoms with van der Waals surface area (Å²) < 4.78 is 0. The number of non-ortho nitro benzene ring substituents is 1. The Labute approximate surface area is 116 Å². The van der Waals surface area contributed by atoms with Crippen molar-refractivity contribution < 1.29 is 14.8 Å². The van der Waals surface area contributed by atoms with Crippen LogP contribution >= 0.6 is 0 Å². The van der Waals surface area contributed by atoms with Crippen LogP contribution in [0.15, 0.2) is 24.3 Å². The topological polar surface area (TPSA) is 83.7 Å². The first-order valence-corrected chi connectivity index (χ1v) is 6.82. The van der Waals surface area contributed by atoms with Gasteiger partial charge < -0.3 is 10.0 Å². The minimum absolute atomic E-state index is 0.00342. The number of benzene rings is 1. The van der Waals surface area contributed by atoms with Crippen LogP contribution in [0.5, 0.6) is 0 Å². The van der Waals surface area contributed by atoms with Gasteiger partial charge in [-0.3, -0.25) is 10.1 Å². The van der Waals surface area contributed by atoms with E-state index in [2.05, 4.69) is 0 Å². The van der Waals surface area contributed by atoms with Crippen LogP contribution in [0, 0.1) is 22.0 Å². The average Bonchev–Trinajstić information content (AvgIpc) is 2.97. The van der Waals surface area contributed by atoms with Crippen molar-refractivity contribution in [3.63, 3.8) is 0 Å². The van der Waals surface area contributed by atoms with Gasteiger partial charge in [-0.1, -0.05) is 12.5 Å². The van der Waals surface area contributed by atoms with E-state index in [1.165, 1.54) is 12.1 Å². The largest absolute Gasteiger partial charge is 0.480 e. The molecule has 2 fully saturated rings. The van der Waals surface area contributed by atoms with Gasteiger partial charge in [-0.15, -0.1) is 0 Å². The van der Waals surface area contributed by atoms with Gasteiger partial charge in [0.1, 0.15) is 6.04 Å². The lowest BCUT2D eigenvalue weighted by molar-refractivity contribution is -0.384. The molecule has 6 heteroatoms. The maximum Gasteiger partial charge on any atom is 0.326 e. The third-order valence-electron chi connectivity index (χ3n) is 4.52. The SMILES string of the molecule is O=C(O)C1C2CCCC2CN1c1cccc([N+](=O)[O-])c1. The predicted octanol–water partition coefficient (Wildman–Crippen LogP) is 2.28. The lowest BCUT2D eigenvalue weighted by Gasteiger charge is -2.26. The molecule has 1 saturated heterocycles. The third-order valence-corrected chi connectivity index (χ3v) is 4.52. The Morgan fingerprint density at radius 2 is 2.20 bits per heavy atom. The van der Waals surface area contributed by atoms with Crippen LogP contribution in [0.25, 0.3) is 0 Å². The standard InChI is InChI=1S/C14H16N2O4/c17-14(18)13-12-6-1-3-9(12)8-15(13)10-4-2-5-11(7-10)16(19)20/h2,4-5,7,9,12-13H,1,3,6,8H2,(H,17,18). The van der Waals surface area contributed by atoms with E-state index in [4.69, 9.17) is 0 Å². The van der Waals surface area contributed by atoms with Crippen LogP contribution in [0.3, 0.4) is 0 Å². The van der Waals surface area contributed by atoms with Crippen molar-refractivity contribution in [3.8, 4) is 0 Å². The predicted molar refractivity (Wildman–Crippen MR) is 72.7 cm³/mol. The minimum Gasteiger partial charge on any atom is -0.480 e. The second-order valence-electron chi connectivity index (χ2n) is 5.57. The molecule has 20 heavy (non-hydrogen) atoms. The Bertz CT molecular complexity index is 560. The molecule has 2 aliphatic rings. The lowest BCUT2D eigenvalue weighted by atomic mass is 9.94. The molecule has 1 aliphatic carbocycles.